The van der Waals surface area contributed by atoms with Crippen LogP contribution in [0, 0.1) is 0 Å². The smallest absolute Gasteiger partial charge is 0.347 e. The molecule has 0 aliphatic carbocycles. The van der Waals surface area contributed by atoms with E-state index in [4.69, 9.17) is 4.74 Å². The van der Waals surface area contributed by atoms with Gasteiger partial charge in [0.2, 0.25) is 11.8 Å². The van der Waals surface area contributed by atoms with Crippen LogP contribution in [-0.4, -0.2) is 68.3 Å². The van der Waals surface area contributed by atoms with Crippen molar-refractivity contribution in [2.24, 2.45) is 0 Å². The number of amides is 2. The van der Waals surface area contributed by atoms with Crippen molar-refractivity contribution in [1.29, 1.82) is 0 Å². The molecule has 2 amide bonds. The minimum atomic E-state index is -1.07. The van der Waals surface area contributed by atoms with Gasteiger partial charge in [-0.05, 0) is 25.8 Å². The quantitative estimate of drug-likeness (QED) is 0.725. The molecule has 1 aromatic rings. The van der Waals surface area contributed by atoms with Crippen LogP contribution in [0.5, 0.6) is 0 Å². The summed E-state index contributed by atoms with van der Waals surface area (Å²) in [4.78, 5) is 41.3. The predicted molar refractivity (Wildman–Crippen MR) is 100 cm³/mol. The van der Waals surface area contributed by atoms with Crippen LogP contribution in [0.25, 0.3) is 0 Å². The molecule has 0 aromatic carbocycles. The van der Waals surface area contributed by atoms with Crippen molar-refractivity contribution in [3.63, 3.8) is 0 Å². The van der Waals surface area contributed by atoms with Crippen molar-refractivity contribution >= 4 is 11.8 Å². The maximum Gasteiger partial charge on any atom is 0.347 e. The van der Waals surface area contributed by atoms with Crippen molar-refractivity contribution in [2.75, 3.05) is 19.7 Å². The fraction of sp³-hybridized carbons (Fsp3) is 0.684. The van der Waals surface area contributed by atoms with E-state index in [1.165, 1.54) is 10.8 Å². The van der Waals surface area contributed by atoms with Gasteiger partial charge in [0.25, 0.3) is 0 Å². The van der Waals surface area contributed by atoms with Gasteiger partial charge in [-0.1, -0.05) is 6.92 Å². The molecule has 2 fully saturated rings. The average Bonchev–Trinajstić information content (AvgIpc) is 2.66. The lowest BCUT2D eigenvalue weighted by atomic mass is 9.75. The van der Waals surface area contributed by atoms with Crippen molar-refractivity contribution in [1.82, 2.24) is 19.8 Å². The molecule has 154 valence electrons. The van der Waals surface area contributed by atoms with Crippen LogP contribution >= 0.6 is 0 Å². The van der Waals surface area contributed by atoms with Crippen LogP contribution in [0.4, 0.5) is 0 Å². The highest BCUT2D eigenvalue weighted by Crippen LogP contribution is 2.39. The molecule has 1 spiro atoms. The van der Waals surface area contributed by atoms with E-state index in [9.17, 15) is 19.5 Å². The lowest BCUT2D eigenvalue weighted by molar-refractivity contribution is -0.190. The van der Waals surface area contributed by atoms with E-state index in [-0.39, 0.29) is 25.0 Å². The molecule has 3 rings (SSSR count). The van der Waals surface area contributed by atoms with Gasteiger partial charge in [0, 0.05) is 38.3 Å². The van der Waals surface area contributed by atoms with Gasteiger partial charge >= 0.3 is 5.69 Å². The first kappa shape index (κ1) is 20.5. The topological polar surface area (TPSA) is 114 Å². The second-order valence-corrected chi connectivity index (χ2v) is 7.91. The lowest BCUT2D eigenvalue weighted by Gasteiger charge is -2.51. The Bertz CT molecular complexity index is 783. The molecule has 2 aliphatic heterocycles. The molecule has 9 nitrogen and oxygen atoms in total. The Morgan fingerprint density at radius 2 is 2.11 bits per heavy atom. The van der Waals surface area contributed by atoms with Crippen LogP contribution in [0.15, 0.2) is 23.3 Å². The normalized spacial score (nSPS) is 26.8. The molecule has 0 radical (unpaired) electrons. The Kier molecular flexibility index (Phi) is 5.85. The van der Waals surface area contributed by atoms with Crippen LogP contribution < -0.4 is 11.0 Å². The van der Waals surface area contributed by atoms with E-state index in [1.54, 1.807) is 31.0 Å². The second-order valence-electron chi connectivity index (χ2n) is 7.91. The SMILES string of the molecule is CCC(=O)N[C@H]1COC2(CCN(C(=O)Cn3cccnc3=O)CC2)C[C@]1(C)O. The Hall–Kier alpha value is -2.26. The summed E-state index contributed by atoms with van der Waals surface area (Å²) in [5, 5.41) is 13.7. The van der Waals surface area contributed by atoms with Gasteiger partial charge in [0.1, 0.15) is 6.54 Å². The van der Waals surface area contributed by atoms with Gasteiger partial charge in [-0.15, -0.1) is 0 Å². The number of carbonyl (C=O) groups is 2. The first-order chi connectivity index (χ1) is 13.2. The van der Waals surface area contributed by atoms with Crippen LogP contribution in [0.2, 0.25) is 0 Å². The monoisotopic (exact) mass is 392 g/mol. The molecule has 28 heavy (non-hydrogen) atoms. The van der Waals surface area contributed by atoms with Gasteiger partial charge in [-0.3, -0.25) is 14.2 Å². The Morgan fingerprint density at radius 3 is 2.71 bits per heavy atom. The number of hydrogen-bond acceptors (Lipinski definition) is 6. The molecular weight excluding hydrogens is 364 g/mol. The maximum atomic E-state index is 12.5. The van der Waals surface area contributed by atoms with Gasteiger partial charge in [-0.2, -0.15) is 0 Å². The van der Waals surface area contributed by atoms with Gasteiger partial charge in [0.15, 0.2) is 0 Å². The number of carbonyl (C=O) groups excluding carboxylic acids is 2. The molecule has 1 aromatic heterocycles. The van der Waals surface area contributed by atoms with E-state index in [0.717, 1.165) is 0 Å². The maximum absolute atomic E-state index is 12.5. The van der Waals surface area contributed by atoms with Crippen LogP contribution in [-0.2, 0) is 20.9 Å². The van der Waals surface area contributed by atoms with Gasteiger partial charge in [-0.25, -0.2) is 9.78 Å². The van der Waals surface area contributed by atoms with E-state index in [1.807, 2.05) is 0 Å². The van der Waals surface area contributed by atoms with E-state index in [2.05, 4.69) is 10.3 Å². The second kappa shape index (κ2) is 8.00. The highest BCUT2D eigenvalue weighted by molar-refractivity contribution is 5.76. The third-order valence-electron chi connectivity index (χ3n) is 5.76. The molecule has 2 aliphatic rings. The fourth-order valence-electron chi connectivity index (χ4n) is 4.00. The van der Waals surface area contributed by atoms with E-state index >= 15 is 0 Å². The Balaban J connectivity index is 1.57. The number of aliphatic hydroxyl groups is 1. The highest BCUT2D eigenvalue weighted by atomic mass is 16.5. The Labute approximate surface area is 163 Å². The standard InChI is InChI=1S/C19H28N4O5/c1-3-15(24)21-14-12-28-19(13-18(14,2)27)5-9-22(10-6-19)16(25)11-23-8-4-7-20-17(23)26/h4,7-8,14,27H,3,5-6,9-13H2,1-2H3,(H,21,24)/t14-,18-/m0/s1. The predicted octanol–water partition coefficient (Wildman–Crippen LogP) is -0.329. The van der Waals surface area contributed by atoms with Crippen molar-refractivity contribution in [3.8, 4) is 0 Å². The minimum Gasteiger partial charge on any atom is -0.388 e. The van der Waals surface area contributed by atoms with Crippen molar-refractivity contribution in [2.45, 2.75) is 63.3 Å². The highest BCUT2D eigenvalue weighted by Gasteiger charge is 2.49. The van der Waals surface area contributed by atoms with Gasteiger partial charge in [0.05, 0.1) is 23.9 Å². The summed E-state index contributed by atoms with van der Waals surface area (Å²) in [6.07, 6.45) is 4.91. The largest absolute Gasteiger partial charge is 0.388 e. The summed E-state index contributed by atoms with van der Waals surface area (Å²) in [6.45, 7) is 4.69. The number of rotatable bonds is 4. The molecule has 0 unspecified atom stereocenters. The van der Waals surface area contributed by atoms with Crippen molar-refractivity contribution < 1.29 is 19.4 Å². The molecule has 2 saturated heterocycles. The third kappa shape index (κ3) is 4.41. The summed E-state index contributed by atoms with van der Waals surface area (Å²) in [6, 6.07) is 1.17. The summed E-state index contributed by atoms with van der Waals surface area (Å²) < 4.78 is 7.37. The van der Waals surface area contributed by atoms with Gasteiger partial charge < -0.3 is 20.1 Å². The summed E-state index contributed by atoms with van der Waals surface area (Å²) in [7, 11) is 0. The molecule has 3 heterocycles. The van der Waals surface area contributed by atoms with Crippen LogP contribution in [0.1, 0.15) is 39.5 Å². The first-order valence-electron chi connectivity index (χ1n) is 9.70. The summed E-state index contributed by atoms with van der Waals surface area (Å²) >= 11 is 0. The number of ether oxygens (including phenoxy) is 1. The molecule has 2 atom stereocenters. The number of likely N-dealkylation sites (tertiary alicyclic amines) is 1. The molecular formula is C19H28N4O5. The van der Waals surface area contributed by atoms with Crippen molar-refractivity contribution in [3.05, 3.63) is 28.9 Å². The zero-order valence-electron chi connectivity index (χ0n) is 16.4. The van der Waals surface area contributed by atoms with E-state index < -0.39 is 22.9 Å². The molecule has 0 saturated carbocycles. The number of aromatic nitrogens is 2. The number of hydrogen-bond donors (Lipinski definition) is 2. The summed E-state index contributed by atoms with van der Waals surface area (Å²) in [5.74, 6) is -0.253. The first-order valence-corrected chi connectivity index (χ1v) is 9.70. The number of nitrogens with one attached hydrogen (secondary N) is 1. The zero-order chi connectivity index (χ0) is 20.4. The Morgan fingerprint density at radius 1 is 1.39 bits per heavy atom. The number of piperidine rings is 1. The zero-order valence-corrected chi connectivity index (χ0v) is 16.4. The average molecular weight is 392 g/mol. The molecule has 2 N–H and O–H groups in total. The molecule has 0 bridgehead atoms. The minimum absolute atomic E-state index is 0.0383. The van der Waals surface area contributed by atoms with E-state index in [0.29, 0.717) is 38.8 Å². The summed E-state index contributed by atoms with van der Waals surface area (Å²) in [5.41, 5.74) is -2.02. The number of nitrogens with zero attached hydrogens (tertiary/aromatic N) is 3. The van der Waals surface area contributed by atoms with Crippen LogP contribution in [0.3, 0.4) is 0 Å². The lowest BCUT2D eigenvalue weighted by Crippen LogP contribution is -2.64. The molecule has 9 heteroatoms. The fourth-order valence-corrected chi connectivity index (χ4v) is 4.00. The third-order valence-corrected chi connectivity index (χ3v) is 5.76.